The fourth-order valence-corrected chi connectivity index (χ4v) is 2.80. The molecule has 1 aliphatic carbocycles. The average molecular weight is 262 g/mol. The fourth-order valence-electron chi connectivity index (χ4n) is 2.80. The molecule has 0 saturated heterocycles. The maximum absolute atomic E-state index is 4.32. The van der Waals surface area contributed by atoms with Gasteiger partial charge in [-0.1, -0.05) is 13.8 Å². The topological polar surface area (TPSA) is 41.0 Å². The third-order valence-electron chi connectivity index (χ3n) is 4.26. The molecule has 1 aliphatic rings. The summed E-state index contributed by atoms with van der Waals surface area (Å²) in [5.74, 6) is 0.985. The number of hydrogen-bond acceptors (Lipinski definition) is 4. The molecule has 4 heteroatoms. The van der Waals surface area contributed by atoms with Gasteiger partial charge in [0.15, 0.2) is 0 Å². The van der Waals surface area contributed by atoms with Gasteiger partial charge in [0.1, 0.15) is 12.1 Å². The van der Waals surface area contributed by atoms with Crippen molar-refractivity contribution in [1.82, 2.24) is 14.9 Å². The molecule has 1 aromatic rings. The van der Waals surface area contributed by atoms with Crippen molar-refractivity contribution in [1.29, 1.82) is 0 Å². The van der Waals surface area contributed by atoms with E-state index in [9.17, 15) is 0 Å². The predicted octanol–water partition coefficient (Wildman–Crippen LogP) is 2.71. The van der Waals surface area contributed by atoms with Gasteiger partial charge in [0, 0.05) is 23.8 Å². The minimum atomic E-state index is 0.570. The minimum Gasteiger partial charge on any atom is -0.367 e. The standard InChI is InChI=1S/C15H26N4/c1-4-12-10-15(17-11-16-12)18-13-6-8-14(9-7-13)19(3)5-2/h10-11,13-14H,4-9H2,1-3H3,(H,16,17,18). The zero-order chi connectivity index (χ0) is 13.7. The van der Waals surface area contributed by atoms with Crippen LogP contribution in [0, 0.1) is 0 Å². The molecule has 0 atom stereocenters. The van der Waals surface area contributed by atoms with E-state index < -0.39 is 0 Å². The van der Waals surface area contributed by atoms with Gasteiger partial charge in [0.25, 0.3) is 0 Å². The molecule has 0 amide bonds. The molecule has 1 N–H and O–H groups in total. The van der Waals surface area contributed by atoms with Gasteiger partial charge in [0.05, 0.1) is 0 Å². The van der Waals surface area contributed by atoms with Crippen LogP contribution in [0.3, 0.4) is 0 Å². The monoisotopic (exact) mass is 262 g/mol. The van der Waals surface area contributed by atoms with Crippen molar-refractivity contribution in [3.63, 3.8) is 0 Å². The first-order valence-electron chi connectivity index (χ1n) is 7.50. The molecule has 1 fully saturated rings. The van der Waals surface area contributed by atoms with Gasteiger partial charge < -0.3 is 10.2 Å². The minimum absolute atomic E-state index is 0.570. The molecule has 0 unspecified atom stereocenters. The summed E-state index contributed by atoms with van der Waals surface area (Å²) >= 11 is 0. The predicted molar refractivity (Wildman–Crippen MR) is 79.4 cm³/mol. The summed E-state index contributed by atoms with van der Waals surface area (Å²) < 4.78 is 0. The second-order valence-electron chi connectivity index (χ2n) is 5.47. The highest BCUT2D eigenvalue weighted by molar-refractivity contribution is 5.36. The molecular formula is C15H26N4. The van der Waals surface area contributed by atoms with Gasteiger partial charge in [0.2, 0.25) is 0 Å². The lowest BCUT2D eigenvalue weighted by molar-refractivity contribution is 0.194. The van der Waals surface area contributed by atoms with Crippen molar-refractivity contribution in [2.24, 2.45) is 0 Å². The number of hydrogen-bond donors (Lipinski definition) is 1. The molecular weight excluding hydrogens is 236 g/mol. The van der Waals surface area contributed by atoms with Gasteiger partial charge in [-0.25, -0.2) is 9.97 Å². The SMILES string of the molecule is CCc1cc(NC2CCC(N(C)CC)CC2)ncn1. The highest BCUT2D eigenvalue weighted by Gasteiger charge is 2.23. The van der Waals surface area contributed by atoms with Crippen LogP contribution in [0.2, 0.25) is 0 Å². The molecule has 0 aromatic carbocycles. The normalized spacial score (nSPS) is 23.6. The summed E-state index contributed by atoms with van der Waals surface area (Å²) in [6.45, 7) is 5.50. The molecule has 1 aromatic heterocycles. The third-order valence-corrected chi connectivity index (χ3v) is 4.26. The van der Waals surface area contributed by atoms with Crippen LogP contribution in [-0.4, -0.2) is 40.5 Å². The molecule has 0 aliphatic heterocycles. The number of anilines is 1. The quantitative estimate of drug-likeness (QED) is 0.886. The van der Waals surface area contributed by atoms with E-state index >= 15 is 0 Å². The Hall–Kier alpha value is -1.16. The first kappa shape index (κ1) is 14.3. The first-order chi connectivity index (χ1) is 9.22. The highest BCUT2D eigenvalue weighted by atomic mass is 15.1. The summed E-state index contributed by atoms with van der Waals surface area (Å²) in [7, 11) is 2.23. The van der Waals surface area contributed by atoms with Crippen LogP contribution in [0.4, 0.5) is 5.82 Å². The molecule has 106 valence electrons. The van der Waals surface area contributed by atoms with Crippen LogP contribution >= 0.6 is 0 Å². The largest absolute Gasteiger partial charge is 0.367 e. The lowest BCUT2D eigenvalue weighted by Gasteiger charge is -2.34. The second-order valence-corrected chi connectivity index (χ2v) is 5.47. The van der Waals surface area contributed by atoms with Crippen LogP contribution in [0.25, 0.3) is 0 Å². The van der Waals surface area contributed by atoms with Crippen molar-refractivity contribution in [2.75, 3.05) is 18.9 Å². The Labute approximate surface area is 116 Å². The van der Waals surface area contributed by atoms with Crippen LogP contribution < -0.4 is 5.32 Å². The van der Waals surface area contributed by atoms with Crippen LogP contribution in [0.1, 0.15) is 45.2 Å². The van der Waals surface area contributed by atoms with E-state index in [0.717, 1.165) is 30.5 Å². The molecule has 4 nitrogen and oxygen atoms in total. The number of rotatable bonds is 5. The van der Waals surface area contributed by atoms with Crippen molar-refractivity contribution >= 4 is 5.82 Å². The number of aromatic nitrogens is 2. The Kier molecular flexibility index (Phi) is 5.14. The molecule has 19 heavy (non-hydrogen) atoms. The van der Waals surface area contributed by atoms with E-state index in [1.807, 2.05) is 0 Å². The molecule has 1 saturated carbocycles. The number of nitrogens with zero attached hydrogens (tertiary/aromatic N) is 3. The Bertz CT molecular complexity index is 385. The van der Waals surface area contributed by atoms with Crippen molar-refractivity contribution in [3.8, 4) is 0 Å². The third kappa shape index (κ3) is 3.90. The maximum atomic E-state index is 4.32. The molecule has 1 heterocycles. The summed E-state index contributed by atoms with van der Waals surface area (Å²) in [6, 6.07) is 3.41. The average Bonchev–Trinajstić information content (AvgIpc) is 2.47. The lowest BCUT2D eigenvalue weighted by Crippen LogP contribution is -2.38. The van der Waals surface area contributed by atoms with Crippen LogP contribution in [0.15, 0.2) is 12.4 Å². The van der Waals surface area contributed by atoms with Gasteiger partial charge in [-0.2, -0.15) is 0 Å². The van der Waals surface area contributed by atoms with E-state index in [1.54, 1.807) is 6.33 Å². The molecule has 0 radical (unpaired) electrons. The Morgan fingerprint density at radius 3 is 2.58 bits per heavy atom. The molecule has 0 bridgehead atoms. The summed E-state index contributed by atoms with van der Waals surface area (Å²) in [5.41, 5.74) is 1.11. The van der Waals surface area contributed by atoms with Crippen molar-refractivity contribution in [2.45, 2.75) is 58.0 Å². The van der Waals surface area contributed by atoms with Gasteiger partial charge in [-0.05, 0) is 45.7 Å². The first-order valence-corrected chi connectivity index (χ1v) is 7.50. The van der Waals surface area contributed by atoms with Gasteiger partial charge in [-0.3, -0.25) is 0 Å². The van der Waals surface area contributed by atoms with Gasteiger partial charge in [-0.15, -0.1) is 0 Å². The lowest BCUT2D eigenvalue weighted by atomic mass is 9.90. The summed E-state index contributed by atoms with van der Waals surface area (Å²) in [6.07, 6.45) is 7.67. The smallest absolute Gasteiger partial charge is 0.129 e. The second kappa shape index (κ2) is 6.85. The van der Waals surface area contributed by atoms with E-state index in [4.69, 9.17) is 0 Å². The van der Waals surface area contributed by atoms with Crippen molar-refractivity contribution < 1.29 is 0 Å². The number of nitrogens with one attached hydrogen (secondary N) is 1. The summed E-state index contributed by atoms with van der Waals surface area (Å²) in [4.78, 5) is 11.0. The maximum Gasteiger partial charge on any atom is 0.129 e. The number of aryl methyl sites for hydroxylation is 1. The molecule has 0 spiro atoms. The zero-order valence-corrected chi connectivity index (χ0v) is 12.4. The van der Waals surface area contributed by atoms with E-state index in [1.165, 1.54) is 25.7 Å². The van der Waals surface area contributed by atoms with Gasteiger partial charge >= 0.3 is 0 Å². The zero-order valence-electron chi connectivity index (χ0n) is 12.4. The van der Waals surface area contributed by atoms with E-state index in [-0.39, 0.29) is 0 Å². The van der Waals surface area contributed by atoms with E-state index in [2.05, 4.69) is 47.1 Å². The van der Waals surface area contributed by atoms with E-state index in [0.29, 0.717) is 6.04 Å². The Morgan fingerprint density at radius 1 is 1.21 bits per heavy atom. The fraction of sp³-hybridized carbons (Fsp3) is 0.733. The Balaban J connectivity index is 1.85. The summed E-state index contributed by atoms with van der Waals surface area (Å²) in [5, 5.41) is 3.56. The van der Waals surface area contributed by atoms with Crippen LogP contribution in [-0.2, 0) is 6.42 Å². The highest BCUT2D eigenvalue weighted by Crippen LogP contribution is 2.24. The van der Waals surface area contributed by atoms with Crippen LogP contribution in [0.5, 0.6) is 0 Å². The molecule has 2 rings (SSSR count). The Morgan fingerprint density at radius 2 is 1.95 bits per heavy atom. The van der Waals surface area contributed by atoms with Crippen molar-refractivity contribution in [3.05, 3.63) is 18.1 Å².